The van der Waals surface area contributed by atoms with Crippen LogP contribution in [-0.2, 0) is 19.6 Å². The number of rotatable bonds is 6. The van der Waals surface area contributed by atoms with Crippen molar-refractivity contribution in [3.8, 4) is 17.3 Å². The summed E-state index contributed by atoms with van der Waals surface area (Å²) in [7, 11) is -6.00. The highest BCUT2D eigenvalue weighted by atomic mass is 32.2. The van der Waals surface area contributed by atoms with Gasteiger partial charge in [0, 0.05) is 42.4 Å². The molecule has 1 atom stereocenters. The van der Waals surface area contributed by atoms with Gasteiger partial charge >= 0.3 is 15.6 Å². The van der Waals surface area contributed by atoms with Crippen LogP contribution in [0.5, 0.6) is 5.88 Å². The normalized spacial score (nSPS) is 18.3. The van der Waals surface area contributed by atoms with Crippen molar-refractivity contribution >= 4 is 44.0 Å². The first kappa shape index (κ1) is 26.2. The minimum atomic E-state index is -6.00. The van der Waals surface area contributed by atoms with Crippen molar-refractivity contribution in [2.24, 2.45) is 5.92 Å². The molecule has 0 spiro atoms. The maximum absolute atomic E-state index is 13.0. The molecule has 1 N–H and O–H groups in total. The van der Waals surface area contributed by atoms with Crippen LogP contribution in [0.2, 0.25) is 0 Å². The predicted molar refractivity (Wildman–Crippen MR) is 136 cm³/mol. The average molecular weight is 578 g/mol. The number of anilines is 2. The summed E-state index contributed by atoms with van der Waals surface area (Å²) in [5.74, 6) is -0.908. The molecule has 1 amide bonds. The fraction of sp³-hybridized carbons (Fsp3) is 0.375. The molecule has 5 heterocycles. The quantitative estimate of drug-likeness (QED) is 0.268. The number of alkyl halides is 3. The Labute approximate surface area is 225 Å². The summed E-state index contributed by atoms with van der Waals surface area (Å²) < 4.78 is 74.0. The van der Waals surface area contributed by atoms with E-state index in [1.54, 1.807) is 16.8 Å². The van der Waals surface area contributed by atoms with E-state index in [0.29, 0.717) is 25.3 Å². The number of morpholine rings is 1. The van der Waals surface area contributed by atoms with Gasteiger partial charge in [0.15, 0.2) is 11.5 Å². The number of hydrogen-bond acceptors (Lipinski definition) is 10. The zero-order valence-electron chi connectivity index (χ0n) is 20.9. The Balaban J connectivity index is 1.43. The highest BCUT2D eigenvalue weighted by molar-refractivity contribution is 7.88. The number of pyridine rings is 3. The van der Waals surface area contributed by atoms with Crippen molar-refractivity contribution in [2.75, 3.05) is 29.9 Å². The van der Waals surface area contributed by atoms with Gasteiger partial charge in [-0.1, -0.05) is 0 Å². The molecule has 0 unspecified atom stereocenters. The Kier molecular flexibility index (Phi) is 6.25. The Morgan fingerprint density at radius 3 is 2.70 bits per heavy atom. The van der Waals surface area contributed by atoms with Gasteiger partial charge in [-0.05, 0) is 38.0 Å². The van der Waals surface area contributed by atoms with Gasteiger partial charge in [0.2, 0.25) is 11.8 Å². The summed E-state index contributed by atoms with van der Waals surface area (Å²) in [6, 6.07) is 5.07. The zero-order chi connectivity index (χ0) is 28.2. The first-order valence-corrected chi connectivity index (χ1v) is 13.7. The summed E-state index contributed by atoms with van der Waals surface area (Å²) >= 11 is 0. The first-order valence-electron chi connectivity index (χ1n) is 12.3. The summed E-state index contributed by atoms with van der Waals surface area (Å²) in [6.45, 7) is 3.98. The topological polar surface area (TPSA) is 141 Å². The number of halogens is 3. The van der Waals surface area contributed by atoms with Crippen molar-refractivity contribution in [2.45, 2.75) is 31.4 Å². The molecule has 0 radical (unpaired) electrons. The van der Waals surface area contributed by atoms with Gasteiger partial charge in [-0.2, -0.15) is 21.6 Å². The van der Waals surface area contributed by atoms with E-state index in [1.165, 1.54) is 6.07 Å². The molecule has 210 valence electrons. The van der Waals surface area contributed by atoms with Gasteiger partial charge < -0.3 is 19.1 Å². The molecule has 6 rings (SSSR count). The second-order valence-corrected chi connectivity index (χ2v) is 11.1. The molecule has 0 aromatic carbocycles. The van der Waals surface area contributed by atoms with E-state index in [4.69, 9.17) is 4.74 Å². The Morgan fingerprint density at radius 2 is 1.98 bits per heavy atom. The van der Waals surface area contributed by atoms with Crippen molar-refractivity contribution in [1.82, 2.24) is 24.6 Å². The number of amides is 1. The largest absolute Gasteiger partial charge is 0.534 e. The summed E-state index contributed by atoms with van der Waals surface area (Å²) in [5, 5.41) is 7.25. The lowest BCUT2D eigenvalue weighted by atomic mass is 10.1. The third-order valence-electron chi connectivity index (χ3n) is 6.57. The molecule has 40 heavy (non-hydrogen) atoms. The molecule has 12 nitrogen and oxygen atoms in total. The van der Waals surface area contributed by atoms with Gasteiger partial charge in [-0.25, -0.2) is 19.5 Å². The van der Waals surface area contributed by atoms with Crippen LogP contribution in [0, 0.1) is 5.92 Å². The first-order chi connectivity index (χ1) is 19.0. The fourth-order valence-electron chi connectivity index (χ4n) is 4.38. The monoisotopic (exact) mass is 577 g/mol. The molecule has 16 heteroatoms. The number of nitrogens with one attached hydrogen (secondary N) is 1. The Bertz CT molecular complexity index is 1740. The van der Waals surface area contributed by atoms with Gasteiger partial charge in [0.1, 0.15) is 5.82 Å². The van der Waals surface area contributed by atoms with E-state index in [-0.39, 0.29) is 45.9 Å². The number of nitrogens with zero attached hydrogens (tertiary/aromatic N) is 6. The number of aromatic nitrogens is 5. The van der Waals surface area contributed by atoms with E-state index < -0.39 is 21.5 Å². The zero-order valence-corrected chi connectivity index (χ0v) is 21.7. The molecule has 0 bridgehead atoms. The van der Waals surface area contributed by atoms with Gasteiger partial charge in [0.25, 0.3) is 0 Å². The van der Waals surface area contributed by atoms with E-state index in [2.05, 4.69) is 34.5 Å². The SMILES string of the molecule is C[C@@H]1CN(c2ccc3nc(-c4cnc(OS(=O)(=O)C(F)(F)F)c5cnc(NC(=O)C6CC6)cc45)nn3c2)CCO1. The molecule has 1 saturated heterocycles. The van der Waals surface area contributed by atoms with Crippen LogP contribution >= 0.6 is 0 Å². The lowest BCUT2D eigenvalue weighted by molar-refractivity contribution is -0.117. The maximum atomic E-state index is 13.0. The number of ether oxygens (including phenoxy) is 1. The van der Waals surface area contributed by atoms with Crippen molar-refractivity contribution in [3.05, 3.63) is 36.8 Å². The molecule has 4 aromatic heterocycles. The van der Waals surface area contributed by atoms with E-state index in [9.17, 15) is 26.4 Å². The smallest absolute Gasteiger partial charge is 0.375 e. The van der Waals surface area contributed by atoms with Gasteiger partial charge in [0.05, 0.1) is 30.0 Å². The predicted octanol–water partition coefficient (Wildman–Crippen LogP) is 3.14. The van der Waals surface area contributed by atoms with Crippen molar-refractivity contribution in [3.63, 3.8) is 0 Å². The van der Waals surface area contributed by atoms with Gasteiger partial charge in [-0.15, -0.1) is 5.10 Å². The van der Waals surface area contributed by atoms with Crippen LogP contribution < -0.4 is 14.4 Å². The third kappa shape index (κ3) is 4.99. The third-order valence-corrected chi connectivity index (χ3v) is 7.51. The second-order valence-electron chi connectivity index (χ2n) is 9.59. The minimum absolute atomic E-state index is 0.0679. The van der Waals surface area contributed by atoms with E-state index >= 15 is 0 Å². The molecule has 2 fully saturated rings. The average Bonchev–Trinajstić information content (AvgIpc) is 3.67. The van der Waals surface area contributed by atoms with Crippen LogP contribution in [0.1, 0.15) is 19.8 Å². The van der Waals surface area contributed by atoms with E-state index in [0.717, 1.165) is 30.9 Å². The van der Waals surface area contributed by atoms with Crippen LogP contribution in [0.25, 0.3) is 27.8 Å². The fourth-order valence-corrected chi connectivity index (χ4v) is 4.81. The van der Waals surface area contributed by atoms with Crippen LogP contribution in [-0.4, -0.2) is 70.2 Å². The molecule has 1 aliphatic heterocycles. The van der Waals surface area contributed by atoms with Crippen LogP contribution in [0.3, 0.4) is 0 Å². The maximum Gasteiger partial charge on any atom is 0.534 e. The second kappa shape index (κ2) is 9.55. The van der Waals surface area contributed by atoms with Crippen molar-refractivity contribution < 1.29 is 35.3 Å². The number of hydrogen-bond donors (Lipinski definition) is 1. The molecule has 1 aliphatic carbocycles. The Hall–Kier alpha value is -4.05. The summed E-state index contributed by atoms with van der Waals surface area (Å²) in [6.07, 6.45) is 5.57. The summed E-state index contributed by atoms with van der Waals surface area (Å²) in [4.78, 5) is 26.9. The summed E-state index contributed by atoms with van der Waals surface area (Å²) in [5.41, 5.74) is -4.01. The molecular weight excluding hydrogens is 555 g/mol. The number of carbonyl (C=O) groups is 1. The molecule has 1 saturated carbocycles. The molecular formula is C24H22F3N7O5S. The molecule has 4 aromatic rings. The minimum Gasteiger partial charge on any atom is -0.375 e. The van der Waals surface area contributed by atoms with Crippen molar-refractivity contribution in [1.29, 1.82) is 0 Å². The highest BCUT2D eigenvalue weighted by Gasteiger charge is 2.49. The Morgan fingerprint density at radius 1 is 1.18 bits per heavy atom. The number of fused-ring (bicyclic) bond motifs is 2. The van der Waals surface area contributed by atoms with Crippen LogP contribution in [0.15, 0.2) is 36.8 Å². The standard InChI is InChI=1S/C24H22F3N7O5S/c1-13-11-33(6-7-38-13)15-4-5-20-31-21(32-34(20)12-15)17-9-29-23(39-40(36,37)24(25,26)27)18-10-28-19(8-16(17)18)30-22(35)14-2-3-14/h4-5,8-10,12-14H,2-3,6-7,11H2,1H3,(H,28,30,35)/t13-/m1/s1. The van der Waals surface area contributed by atoms with Crippen LogP contribution in [0.4, 0.5) is 24.7 Å². The number of carbonyl (C=O) groups excluding carboxylic acids is 1. The highest BCUT2D eigenvalue weighted by Crippen LogP contribution is 2.36. The van der Waals surface area contributed by atoms with Gasteiger partial charge in [-0.3, -0.25) is 4.79 Å². The van der Waals surface area contributed by atoms with E-state index in [1.807, 2.05) is 13.0 Å². The molecule has 2 aliphatic rings. The lowest BCUT2D eigenvalue weighted by Crippen LogP contribution is -2.41. The lowest BCUT2D eigenvalue weighted by Gasteiger charge is -2.32.